The van der Waals surface area contributed by atoms with E-state index < -0.39 is 5.97 Å². The Morgan fingerprint density at radius 3 is 2.57 bits per heavy atom. The first kappa shape index (κ1) is 14.9. The number of amides is 1. The first-order chi connectivity index (χ1) is 10.1. The Hall–Kier alpha value is -2.48. The van der Waals surface area contributed by atoms with Gasteiger partial charge in [0.15, 0.2) is 0 Å². The van der Waals surface area contributed by atoms with Gasteiger partial charge >= 0.3 is 5.97 Å². The van der Waals surface area contributed by atoms with Gasteiger partial charge < -0.3 is 14.8 Å². The maximum Gasteiger partial charge on any atom is 0.377 e. The molecule has 0 aliphatic carbocycles. The number of benzene rings is 1. The molecule has 0 saturated heterocycles. The highest BCUT2D eigenvalue weighted by molar-refractivity contribution is 7.10. The summed E-state index contributed by atoms with van der Waals surface area (Å²) in [6.07, 6.45) is 0.192. The van der Waals surface area contributed by atoms with Crippen molar-refractivity contribution in [2.75, 3.05) is 19.5 Å². The highest BCUT2D eigenvalue weighted by Gasteiger charge is 2.14. The number of rotatable bonds is 5. The zero-order chi connectivity index (χ0) is 15.2. The minimum atomic E-state index is -0.637. The molecule has 0 bridgehead atoms. The molecule has 0 spiro atoms. The molecule has 0 aliphatic heterocycles. The fraction of sp³-hybridized carbons (Fsp3) is 0.231. The van der Waals surface area contributed by atoms with Crippen molar-refractivity contribution in [1.29, 1.82) is 0 Å². The lowest BCUT2D eigenvalue weighted by atomic mass is 10.1. The third-order valence-corrected chi connectivity index (χ3v) is 3.19. The molecule has 0 fully saturated rings. The maximum atomic E-state index is 11.9. The molecule has 0 atom stereocenters. The molecule has 1 aromatic heterocycles. The molecule has 2 rings (SSSR count). The quantitative estimate of drug-likeness (QED) is 0.842. The Labute approximate surface area is 125 Å². The summed E-state index contributed by atoms with van der Waals surface area (Å²) in [6.45, 7) is 0. The molecule has 1 aromatic carbocycles. The molecule has 0 saturated carbocycles. The standard InChI is InChI=1S/C13H13N3O4S/c1-19-9-5-3-8(4-6-9)7-10(17)14-13-15-11(16-21-13)12(18)20-2/h3-6H,7H2,1-2H3,(H,14,15,16,17). The zero-order valence-electron chi connectivity index (χ0n) is 11.5. The van der Waals surface area contributed by atoms with E-state index in [1.165, 1.54) is 7.11 Å². The third kappa shape index (κ3) is 3.99. The summed E-state index contributed by atoms with van der Waals surface area (Å²) >= 11 is 0.924. The van der Waals surface area contributed by atoms with E-state index in [2.05, 4.69) is 19.4 Å². The average molecular weight is 307 g/mol. The van der Waals surface area contributed by atoms with Crippen LogP contribution in [-0.2, 0) is 16.0 Å². The van der Waals surface area contributed by atoms with Gasteiger partial charge in [0.05, 0.1) is 20.6 Å². The van der Waals surface area contributed by atoms with Crippen molar-refractivity contribution in [3.8, 4) is 5.75 Å². The van der Waals surface area contributed by atoms with Crippen LogP contribution in [0, 0.1) is 0 Å². The second kappa shape index (κ2) is 6.80. The van der Waals surface area contributed by atoms with Gasteiger partial charge in [-0.2, -0.15) is 9.36 Å². The number of hydrogen-bond acceptors (Lipinski definition) is 7. The van der Waals surface area contributed by atoms with Crippen molar-refractivity contribution in [2.24, 2.45) is 0 Å². The first-order valence-electron chi connectivity index (χ1n) is 5.97. The van der Waals surface area contributed by atoms with Crippen LogP contribution < -0.4 is 10.1 Å². The molecule has 7 nitrogen and oxygen atoms in total. The average Bonchev–Trinajstić information content (AvgIpc) is 2.95. The van der Waals surface area contributed by atoms with Crippen molar-refractivity contribution < 1.29 is 19.1 Å². The van der Waals surface area contributed by atoms with E-state index in [-0.39, 0.29) is 23.3 Å². The van der Waals surface area contributed by atoms with Crippen LogP contribution in [0.3, 0.4) is 0 Å². The number of aromatic nitrogens is 2. The summed E-state index contributed by atoms with van der Waals surface area (Å²) in [5, 5.41) is 2.84. The van der Waals surface area contributed by atoms with Gasteiger partial charge in [-0.15, -0.1) is 0 Å². The number of nitrogens with zero attached hydrogens (tertiary/aromatic N) is 2. The number of ether oxygens (including phenoxy) is 2. The van der Waals surface area contributed by atoms with E-state index in [9.17, 15) is 9.59 Å². The Morgan fingerprint density at radius 2 is 1.95 bits per heavy atom. The Kier molecular flexibility index (Phi) is 4.83. The normalized spacial score (nSPS) is 10.0. The molecule has 21 heavy (non-hydrogen) atoms. The van der Waals surface area contributed by atoms with Crippen LogP contribution >= 0.6 is 11.5 Å². The number of anilines is 1. The van der Waals surface area contributed by atoms with Crippen LogP contribution in [0.4, 0.5) is 5.13 Å². The largest absolute Gasteiger partial charge is 0.497 e. The number of hydrogen-bond donors (Lipinski definition) is 1. The van der Waals surface area contributed by atoms with Gasteiger partial charge in [0.2, 0.25) is 11.0 Å². The van der Waals surface area contributed by atoms with E-state index >= 15 is 0 Å². The van der Waals surface area contributed by atoms with Gasteiger partial charge in [-0.05, 0) is 17.7 Å². The molecule has 1 N–H and O–H groups in total. The summed E-state index contributed by atoms with van der Waals surface area (Å²) in [7, 11) is 2.82. The van der Waals surface area contributed by atoms with Crippen LogP contribution in [0.25, 0.3) is 0 Å². The Morgan fingerprint density at radius 1 is 1.24 bits per heavy atom. The summed E-state index contributed by atoms with van der Waals surface area (Å²) in [5.74, 6) is -0.220. The molecule has 0 radical (unpaired) electrons. The molecule has 110 valence electrons. The number of nitrogens with one attached hydrogen (secondary N) is 1. The predicted octanol–water partition coefficient (Wildman–Crippen LogP) is 1.51. The van der Waals surface area contributed by atoms with Gasteiger partial charge in [0, 0.05) is 11.5 Å². The van der Waals surface area contributed by atoms with Crippen molar-refractivity contribution in [3.05, 3.63) is 35.7 Å². The fourth-order valence-corrected chi connectivity index (χ4v) is 2.12. The minimum Gasteiger partial charge on any atom is -0.497 e. The molecular formula is C13H13N3O4S. The van der Waals surface area contributed by atoms with Crippen molar-refractivity contribution >= 4 is 28.5 Å². The third-order valence-electron chi connectivity index (χ3n) is 2.56. The molecular weight excluding hydrogens is 294 g/mol. The lowest BCUT2D eigenvalue weighted by Crippen LogP contribution is -2.14. The number of methoxy groups -OCH3 is 2. The lowest BCUT2D eigenvalue weighted by Gasteiger charge is -2.03. The van der Waals surface area contributed by atoms with E-state index in [4.69, 9.17) is 4.74 Å². The highest BCUT2D eigenvalue weighted by atomic mass is 32.1. The summed E-state index contributed by atoms with van der Waals surface area (Å²) < 4.78 is 13.3. The molecule has 0 unspecified atom stereocenters. The van der Waals surface area contributed by atoms with Gasteiger partial charge in [-0.3, -0.25) is 4.79 Å². The monoisotopic (exact) mass is 307 g/mol. The predicted molar refractivity (Wildman–Crippen MR) is 76.6 cm³/mol. The second-order valence-corrected chi connectivity index (χ2v) is 4.74. The Balaban J connectivity index is 1.94. The van der Waals surface area contributed by atoms with E-state index in [0.29, 0.717) is 0 Å². The summed E-state index contributed by atoms with van der Waals surface area (Å²) in [5.41, 5.74) is 0.839. The molecule has 1 heterocycles. The van der Waals surface area contributed by atoms with Gasteiger partial charge in [0.25, 0.3) is 5.82 Å². The fourth-order valence-electron chi connectivity index (χ4n) is 1.54. The van der Waals surface area contributed by atoms with E-state index in [0.717, 1.165) is 22.8 Å². The van der Waals surface area contributed by atoms with Gasteiger partial charge in [0.1, 0.15) is 5.75 Å². The zero-order valence-corrected chi connectivity index (χ0v) is 12.3. The molecule has 0 aliphatic rings. The van der Waals surface area contributed by atoms with Crippen LogP contribution in [0.1, 0.15) is 16.2 Å². The van der Waals surface area contributed by atoms with Crippen LogP contribution in [-0.4, -0.2) is 35.5 Å². The smallest absolute Gasteiger partial charge is 0.377 e. The van der Waals surface area contributed by atoms with Crippen LogP contribution in [0.5, 0.6) is 5.75 Å². The minimum absolute atomic E-state index is 0.0674. The topological polar surface area (TPSA) is 90.4 Å². The first-order valence-corrected chi connectivity index (χ1v) is 6.74. The summed E-state index contributed by atoms with van der Waals surface area (Å²) in [6, 6.07) is 7.17. The maximum absolute atomic E-state index is 11.9. The van der Waals surface area contributed by atoms with E-state index in [1.54, 1.807) is 31.4 Å². The number of carbonyl (C=O) groups excluding carboxylic acids is 2. The van der Waals surface area contributed by atoms with Gasteiger partial charge in [-0.25, -0.2) is 4.79 Å². The van der Waals surface area contributed by atoms with Gasteiger partial charge in [-0.1, -0.05) is 12.1 Å². The summed E-state index contributed by atoms with van der Waals surface area (Å²) in [4.78, 5) is 26.9. The second-order valence-electron chi connectivity index (χ2n) is 3.99. The lowest BCUT2D eigenvalue weighted by molar-refractivity contribution is -0.115. The number of esters is 1. The molecule has 1 amide bonds. The SMILES string of the molecule is COC(=O)c1nsc(NC(=O)Cc2ccc(OC)cc2)n1. The molecule has 8 heteroatoms. The molecule has 2 aromatic rings. The van der Waals surface area contributed by atoms with Crippen molar-refractivity contribution in [1.82, 2.24) is 9.36 Å². The Bertz CT molecular complexity index is 639. The highest BCUT2D eigenvalue weighted by Crippen LogP contribution is 2.14. The van der Waals surface area contributed by atoms with Crippen LogP contribution in [0.2, 0.25) is 0 Å². The van der Waals surface area contributed by atoms with E-state index in [1.807, 2.05) is 0 Å². The van der Waals surface area contributed by atoms with Crippen molar-refractivity contribution in [2.45, 2.75) is 6.42 Å². The van der Waals surface area contributed by atoms with Crippen LogP contribution in [0.15, 0.2) is 24.3 Å². The van der Waals surface area contributed by atoms with Crippen molar-refractivity contribution in [3.63, 3.8) is 0 Å². The number of carbonyl (C=O) groups is 2.